The summed E-state index contributed by atoms with van der Waals surface area (Å²) < 4.78 is 10.2. The molecule has 4 heteroatoms. The Kier molecular flexibility index (Phi) is 3.77. The first-order valence-corrected chi connectivity index (χ1v) is 5.50. The van der Waals surface area contributed by atoms with E-state index in [9.17, 15) is 0 Å². The molecule has 1 N–H and O–H groups in total. The first kappa shape index (κ1) is 11.7. The van der Waals surface area contributed by atoms with E-state index in [4.69, 9.17) is 9.47 Å². The van der Waals surface area contributed by atoms with Crippen molar-refractivity contribution in [3.63, 3.8) is 0 Å². The molecule has 0 fully saturated rings. The molecule has 1 aromatic carbocycles. The minimum Gasteiger partial charge on any atom is -0.481 e. The molecule has 0 bridgehead atoms. The van der Waals surface area contributed by atoms with Gasteiger partial charge in [0.1, 0.15) is 0 Å². The Hall–Kier alpha value is -1.81. The maximum atomic E-state index is 5.21. The standard InChI is InChI=1S/C13H16N2O2/c1-16-8-7-14-11-3-4-12-10(9-11)5-6-15-13(12)17-2/h3-6,9,14H,7-8H2,1-2H3. The lowest BCUT2D eigenvalue weighted by Gasteiger charge is -2.08. The van der Waals surface area contributed by atoms with Crippen LogP contribution in [0.2, 0.25) is 0 Å². The van der Waals surface area contributed by atoms with Crippen LogP contribution in [0.25, 0.3) is 10.8 Å². The van der Waals surface area contributed by atoms with Gasteiger partial charge in [-0.1, -0.05) is 0 Å². The fourth-order valence-electron chi connectivity index (χ4n) is 1.72. The van der Waals surface area contributed by atoms with Crippen molar-refractivity contribution in [3.05, 3.63) is 30.5 Å². The quantitative estimate of drug-likeness (QED) is 0.803. The van der Waals surface area contributed by atoms with Crippen LogP contribution in [-0.4, -0.2) is 32.4 Å². The average molecular weight is 232 g/mol. The van der Waals surface area contributed by atoms with Gasteiger partial charge in [-0.2, -0.15) is 0 Å². The summed E-state index contributed by atoms with van der Waals surface area (Å²) in [6, 6.07) is 8.08. The van der Waals surface area contributed by atoms with Crippen LogP contribution in [0.1, 0.15) is 0 Å². The minimum atomic E-state index is 0.658. The third-order valence-electron chi connectivity index (χ3n) is 2.56. The molecule has 1 aromatic heterocycles. The number of hydrogen-bond donors (Lipinski definition) is 1. The Labute approximate surface area is 101 Å². The number of nitrogens with one attached hydrogen (secondary N) is 1. The molecule has 0 aliphatic heterocycles. The van der Waals surface area contributed by atoms with Crippen molar-refractivity contribution in [2.24, 2.45) is 0 Å². The number of nitrogens with zero attached hydrogens (tertiary/aromatic N) is 1. The van der Waals surface area contributed by atoms with E-state index in [-0.39, 0.29) is 0 Å². The predicted molar refractivity (Wildman–Crippen MR) is 68.7 cm³/mol. The SMILES string of the molecule is COCCNc1ccc2c(OC)nccc2c1. The zero-order chi connectivity index (χ0) is 12.1. The summed E-state index contributed by atoms with van der Waals surface area (Å²) in [5, 5.41) is 5.42. The Morgan fingerprint density at radius 1 is 1.24 bits per heavy atom. The van der Waals surface area contributed by atoms with E-state index in [0.29, 0.717) is 12.5 Å². The molecule has 0 spiro atoms. The highest BCUT2D eigenvalue weighted by molar-refractivity contribution is 5.89. The Balaban J connectivity index is 2.25. The van der Waals surface area contributed by atoms with Crippen molar-refractivity contribution < 1.29 is 9.47 Å². The van der Waals surface area contributed by atoms with Crippen molar-refractivity contribution in [1.29, 1.82) is 0 Å². The third-order valence-corrected chi connectivity index (χ3v) is 2.56. The van der Waals surface area contributed by atoms with E-state index in [2.05, 4.69) is 16.4 Å². The van der Waals surface area contributed by atoms with Crippen LogP contribution >= 0.6 is 0 Å². The molecule has 4 nitrogen and oxygen atoms in total. The number of anilines is 1. The molecular formula is C13H16N2O2. The maximum absolute atomic E-state index is 5.21. The Morgan fingerprint density at radius 3 is 2.88 bits per heavy atom. The molecule has 90 valence electrons. The smallest absolute Gasteiger partial charge is 0.221 e. The van der Waals surface area contributed by atoms with Crippen LogP contribution in [0.5, 0.6) is 5.88 Å². The van der Waals surface area contributed by atoms with Gasteiger partial charge in [0.25, 0.3) is 0 Å². The molecule has 0 saturated carbocycles. The fraction of sp³-hybridized carbons (Fsp3) is 0.308. The van der Waals surface area contributed by atoms with Crippen molar-refractivity contribution in [1.82, 2.24) is 4.98 Å². The van der Waals surface area contributed by atoms with E-state index in [1.807, 2.05) is 18.2 Å². The van der Waals surface area contributed by atoms with E-state index < -0.39 is 0 Å². The van der Waals surface area contributed by atoms with Crippen molar-refractivity contribution in [2.45, 2.75) is 0 Å². The summed E-state index contributed by atoms with van der Waals surface area (Å²) in [7, 11) is 3.32. The number of benzene rings is 1. The largest absolute Gasteiger partial charge is 0.481 e. The van der Waals surface area contributed by atoms with Crippen LogP contribution in [0, 0.1) is 0 Å². The van der Waals surface area contributed by atoms with Crippen LogP contribution < -0.4 is 10.1 Å². The highest BCUT2D eigenvalue weighted by Crippen LogP contribution is 2.25. The van der Waals surface area contributed by atoms with Gasteiger partial charge in [0, 0.05) is 30.9 Å². The zero-order valence-electron chi connectivity index (χ0n) is 10.1. The van der Waals surface area contributed by atoms with Gasteiger partial charge in [0.2, 0.25) is 5.88 Å². The second-order valence-electron chi connectivity index (χ2n) is 3.68. The molecule has 0 aliphatic carbocycles. The van der Waals surface area contributed by atoms with Crippen molar-refractivity contribution in [2.75, 3.05) is 32.7 Å². The fourth-order valence-corrected chi connectivity index (χ4v) is 1.72. The summed E-state index contributed by atoms with van der Waals surface area (Å²) >= 11 is 0. The van der Waals surface area contributed by atoms with Gasteiger partial charge in [-0.15, -0.1) is 0 Å². The molecular weight excluding hydrogens is 216 g/mol. The number of methoxy groups -OCH3 is 2. The number of aromatic nitrogens is 1. The highest BCUT2D eigenvalue weighted by Gasteiger charge is 2.02. The lowest BCUT2D eigenvalue weighted by molar-refractivity contribution is 0.211. The van der Waals surface area contributed by atoms with Gasteiger partial charge in [-0.05, 0) is 29.7 Å². The van der Waals surface area contributed by atoms with Gasteiger partial charge in [0.15, 0.2) is 0 Å². The molecule has 0 radical (unpaired) electrons. The molecule has 0 atom stereocenters. The molecule has 0 saturated heterocycles. The lowest BCUT2D eigenvalue weighted by atomic mass is 10.1. The summed E-state index contributed by atoms with van der Waals surface area (Å²) in [5.41, 5.74) is 1.07. The first-order chi connectivity index (χ1) is 8.35. The minimum absolute atomic E-state index is 0.658. The summed E-state index contributed by atoms with van der Waals surface area (Å²) in [6.07, 6.45) is 1.75. The van der Waals surface area contributed by atoms with Gasteiger partial charge >= 0.3 is 0 Å². The van der Waals surface area contributed by atoms with Crippen LogP contribution in [0.4, 0.5) is 5.69 Å². The topological polar surface area (TPSA) is 43.4 Å². The van der Waals surface area contributed by atoms with E-state index in [1.54, 1.807) is 20.4 Å². The Bertz CT molecular complexity index is 500. The molecule has 2 rings (SSSR count). The monoisotopic (exact) mass is 232 g/mol. The van der Waals surface area contributed by atoms with Gasteiger partial charge in [0.05, 0.1) is 13.7 Å². The maximum Gasteiger partial charge on any atom is 0.221 e. The second kappa shape index (κ2) is 5.50. The molecule has 2 aromatic rings. The van der Waals surface area contributed by atoms with Gasteiger partial charge < -0.3 is 14.8 Å². The summed E-state index contributed by atoms with van der Waals surface area (Å²) in [5.74, 6) is 0.658. The lowest BCUT2D eigenvalue weighted by Crippen LogP contribution is -2.07. The van der Waals surface area contributed by atoms with Crippen LogP contribution in [0.3, 0.4) is 0 Å². The average Bonchev–Trinajstić information content (AvgIpc) is 2.38. The summed E-state index contributed by atoms with van der Waals surface area (Å²) in [6.45, 7) is 1.49. The van der Waals surface area contributed by atoms with Gasteiger partial charge in [-0.25, -0.2) is 4.98 Å². The number of pyridine rings is 1. The van der Waals surface area contributed by atoms with E-state index >= 15 is 0 Å². The molecule has 0 amide bonds. The van der Waals surface area contributed by atoms with E-state index in [0.717, 1.165) is 23.0 Å². The Morgan fingerprint density at radius 2 is 2.12 bits per heavy atom. The van der Waals surface area contributed by atoms with Crippen molar-refractivity contribution >= 4 is 16.5 Å². The zero-order valence-corrected chi connectivity index (χ0v) is 10.1. The highest BCUT2D eigenvalue weighted by atomic mass is 16.5. The summed E-state index contributed by atoms with van der Waals surface area (Å²) in [4.78, 5) is 4.17. The molecule has 0 aliphatic rings. The molecule has 17 heavy (non-hydrogen) atoms. The molecule has 1 heterocycles. The second-order valence-corrected chi connectivity index (χ2v) is 3.68. The predicted octanol–water partition coefficient (Wildman–Crippen LogP) is 2.30. The van der Waals surface area contributed by atoms with Crippen LogP contribution in [0.15, 0.2) is 30.5 Å². The molecule has 0 unspecified atom stereocenters. The number of hydrogen-bond acceptors (Lipinski definition) is 4. The van der Waals surface area contributed by atoms with Gasteiger partial charge in [-0.3, -0.25) is 0 Å². The third kappa shape index (κ3) is 2.65. The number of rotatable bonds is 5. The normalized spacial score (nSPS) is 10.5. The first-order valence-electron chi connectivity index (χ1n) is 5.50. The van der Waals surface area contributed by atoms with Crippen molar-refractivity contribution in [3.8, 4) is 5.88 Å². The van der Waals surface area contributed by atoms with E-state index in [1.165, 1.54) is 0 Å². The number of ether oxygens (including phenoxy) is 2. The number of fused-ring (bicyclic) bond motifs is 1. The van der Waals surface area contributed by atoms with Crippen LogP contribution in [-0.2, 0) is 4.74 Å².